The zero-order chi connectivity index (χ0) is 13.7. The summed E-state index contributed by atoms with van der Waals surface area (Å²) in [7, 11) is 3.53. The van der Waals surface area contributed by atoms with Crippen molar-refractivity contribution in [2.75, 3.05) is 27.2 Å². The van der Waals surface area contributed by atoms with Crippen LogP contribution in [0.15, 0.2) is 12.7 Å². The molecule has 0 radical (unpaired) electrons. The Morgan fingerprint density at radius 1 is 1.44 bits per heavy atom. The summed E-state index contributed by atoms with van der Waals surface area (Å²) >= 11 is 0. The van der Waals surface area contributed by atoms with Crippen molar-refractivity contribution in [2.24, 2.45) is 11.7 Å². The normalized spacial score (nSPS) is 18.3. The molecule has 1 fully saturated rings. The van der Waals surface area contributed by atoms with Crippen LogP contribution in [0, 0.1) is 5.92 Å². The molecule has 1 unspecified atom stereocenters. The minimum atomic E-state index is -0.497. The van der Waals surface area contributed by atoms with Gasteiger partial charge in [0.05, 0.1) is 6.04 Å². The second-order valence-corrected chi connectivity index (χ2v) is 4.96. The van der Waals surface area contributed by atoms with Gasteiger partial charge in [0.1, 0.15) is 0 Å². The topological polar surface area (TPSA) is 66.6 Å². The molecule has 0 aromatic heterocycles. The largest absolute Gasteiger partial charge is 0.349 e. The first-order valence-corrected chi connectivity index (χ1v) is 6.33. The number of hydrogen-bond donors (Lipinski definition) is 1. The Hall–Kier alpha value is -1.36. The molecule has 0 aromatic rings. The van der Waals surface area contributed by atoms with Gasteiger partial charge in [-0.2, -0.15) is 0 Å². The molecule has 5 nitrogen and oxygen atoms in total. The van der Waals surface area contributed by atoms with Crippen LogP contribution in [0.1, 0.15) is 19.3 Å². The number of amides is 2. The summed E-state index contributed by atoms with van der Waals surface area (Å²) in [4.78, 5) is 27.1. The number of piperidine rings is 1. The Bertz CT molecular complexity index is 320. The molecule has 0 saturated carbocycles. The van der Waals surface area contributed by atoms with Gasteiger partial charge in [-0.3, -0.25) is 9.59 Å². The molecule has 2 amide bonds. The van der Waals surface area contributed by atoms with Gasteiger partial charge in [-0.1, -0.05) is 6.08 Å². The van der Waals surface area contributed by atoms with Crippen LogP contribution in [-0.4, -0.2) is 54.8 Å². The number of likely N-dealkylation sites (tertiary alicyclic amines) is 1. The lowest BCUT2D eigenvalue weighted by Gasteiger charge is -2.33. The smallest absolute Gasteiger partial charge is 0.239 e. The van der Waals surface area contributed by atoms with Crippen molar-refractivity contribution in [1.29, 1.82) is 0 Å². The Morgan fingerprint density at radius 3 is 2.44 bits per heavy atom. The highest BCUT2D eigenvalue weighted by atomic mass is 16.2. The average Bonchev–Trinajstić information content (AvgIpc) is 2.37. The average molecular weight is 253 g/mol. The summed E-state index contributed by atoms with van der Waals surface area (Å²) in [6.07, 6.45) is 3.60. The van der Waals surface area contributed by atoms with Gasteiger partial charge < -0.3 is 15.5 Å². The maximum absolute atomic E-state index is 12.0. The van der Waals surface area contributed by atoms with Gasteiger partial charge in [-0.25, -0.2) is 0 Å². The predicted molar refractivity (Wildman–Crippen MR) is 70.8 cm³/mol. The third kappa shape index (κ3) is 3.57. The maximum Gasteiger partial charge on any atom is 0.239 e. The molecule has 0 aliphatic carbocycles. The molecule has 102 valence electrons. The summed E-state index contributed by atoms with van der Waals surface area (Å²) in [6, 6.07) is -0.497. The van der Waals surface area contributed by atoms with E-state index in [0.717, 1.165) is 12.8 Å². The molecule has 1 heterocycles. The summed E-state index contributed by atoms with van der Waals surface area (Å²) < 4.78 is 0. The highest BCUT2D eigenvalue weighted by Gasteiger charge is 2.29. The lowest BCUT2D eigenvalue weighted by atomic mass is 9.95. The number of hydrogen-bond acceptors (Lipinski definition) is 3. The van der Waals surface area contributed by atoms with Gasteiger partial charge in [-0.15, -0.1) is 6.58 Å². The first-order chi connectivity index (χ1) is 8.47. The zero-order valence-electron chi connectivity index (χ0n) is 11.3. The highest BCUT2D eigenvalue weighted by Crippen LogP contribution is 2.19. The first kappa shape index (κ1) is 14.7. The van der Waals surface area contributed by atoms with E-state index in [9.17, 15) is 9.59 Å². The van der Waals surface area contributed by atoms with Crippen LogP contribution < -0.4 is 5.73 Å². The quantitative estimate of drug-likeness (QED) is 0.729. The lowest BCUT2D eigenvalue weighted by Crippen LogP contribution is -2.48. The number of carbonyl (C=O) groups is 2. The number of carbonyl (C=O) groups excluding carboxylic acids is 2. The van der Waals surface area contributed by atoms with E-state index in [1.165, 1.54) is 0 Å². The monoisotopic (exact) mass is 253 g/mol. The lowest BCUT2D eigenvalue weighted by molar-refractivity contribution is -0.139. The van der Waals surface area contributed by atoms with Crippen LogP contribution in [0.3, 0.4) is 0 Å². The van der Waals surface area contributed by atoms with Crippen LogP contribution in [0.2, 0.25) is 0 Å². The minimum Gasteiger partial charge on any atom is -0.349 e. The maximum atomic E-state index is 12.0. The number of rotatable bonds is 4. The molecule has 0 bridgehead atoms. The Kier molecular flexibility index (Phi) is 5.34. The second-order valence-electron chi connectivity index (χ2n) is 4.96. The van der Waals surface area contributed by atoms with Crippen LogP contribution >= 0.6 is 0 Å². The molecular weight excluding hydrogens is 230 g/mol. The molecular formula is C13H23N3O2. The molecule has 1 aliphatic heterocycles. The Balaban J connectivity index is 2.46. The van der Waals surface area contributed by atoms with Gasteiger partial charge in [0.15, 0.2) is 0 Å². The molecule has 5 heteroatoms. The van der Waals surface area contributed by atoms with Gasteiger partial charge in [0.2, 0.25) is 11.8 Å². The standard InChI is InChI=1S/C13H23N3O2/c1-4-5-11(14)13(18)16-8-6-10(7-9-16)12(17)15(2)3/h4,10-11H,1,5-9,14H2,2-3H3. The molecule has 1 aliphatic rings. The van der Waals surface area contributed by atoms with Crippen molar-refractivity contribution in [3.05, 3.63) is 12.7 Å². The molecule has 2 N–H and O–H groups in total. The van der Waals surface area contributed by atoms with Crippen molar-refractivity contribution in [1.82, 2.24) is 9.80 Å². The molecule has 18 heavy (non-hydrogen) atoms. The number of nitrogens with two attached hydrogens (primary N) is 1. The van der Waals surface area contributed by atoms with Crippen molar-refractivity contribution in [2.45, 2.75) is 25.3 Å². The van der Waals surface area contributed by atoms with Crippen LogP contribution in [0.4, 0.5) is 0 Å². The van der Waals surface area contributed by atoms with E-state index < -0.39 is 6.04 Å². The van der Waals surface area contributed by atoms with Crippen molar-refractivity contribution >= 4 is 11.8 Å². The molecule has 1 rings (SSSR count). The van der Waals surface area contributed by atoms with E-state index >= 15 is 0 Å². The van der Waals surface area contributed by atoms with Crippen LogP contribution in [-0.2, 0) is 9.59 Å². The van der Waals surface area contributed by atoms with Gasteiger partial charge in [0, 0.05) is 33.1 Å². The summed E-state index contributed by atoms with van der Waals surface area (Å²) in [5.74, 6) is 0.155. The fraction of sp³-hybridized carbons (Fsp3) is 0.692. The van der Waals surface area contributed by atoms with E-state index in [1.807, 2.05) is 0 Å². The molecule has 0 spiro atoms. The van der Waals surface area contributed by atoms with E-state index in [1.54, 1.807) is 30.0 Å². The SMILES string of the molecule is C=CCC(N)C(=O)N1CCC(C(=O)N(C)C)CC1. The summed E-state index contributed by atoms with van der Waals surface area (Å²) in [6.45, 7) is 4.82. The Morgan fingerprint density at radius 2 is 2.00 bits per heavy atom. The molecule has 1 atom stereocenters. The fourth-order valence-electron chi connectivity index (χ4n) is 2.23. The van der Waals surface area contributed by atoms with Crippen molar-refractivity contribution in [3.63, 3.8) is 0 Å². The summed E-state index contributed by atoms with van der Waals surface area (Å²) in [5, 5.41) is 0. The highest BCUT2D eigenvalue weighted by molar-refractivity contribution is 5.83. The third-order valence-corrected chi connectivity index (χ3v) is 3.33. The van der Waals surface area contributed by atoms with E-state index in [-0.39, 0.29) is 17.7 Å². The van der Waals surface area contributed by atoms with Gasteiger partial charge >= 0.3 is 0 Å². The van der Waals surface area contributed by atoms with Gasteiger partial charge in [-0.05, 0) is 19.3 Å². The first-order valence-electron chi connectivity index (χ1n) is 6.33. The minimum absolute atomic E-state index is 0.0364. The fourth-order valence-corrected chi connectivity index (χ4v) is 2.23. The van der Waals surface area contributed by atoms with Crippen LogP contribution in [0.25, 0.3) is 0 Å². The zero-order valence-corrected chi connectivity index (χ0v) is 11.3. The van der Waals surface area contributed by atoms with Crippen LogP contribution in [0.5, 0.6) is 0 Å². The van der Waals surface area contributed by atoms with E-state index in [4.69, 9.17) is 5.73 Å². The second kappa shape index (κ2) is 6.54. The summed E-state index contributed by atoms with van der Waals surface area (Å²) in [5.41, 5.74) is 5.76. The van der Waals surface area contributed by atoms with Gasteiger partial charge in [0.25, 0.3) is 0 Å². The third-order valence-electron chi connectivity index (χ3n) is 3.33. The van der Waals surface area contributed by atoms with E-state index in [2.05, 4.69) is 6.58 Å². The Labute approximate surface area is 109 Å². The molecule has 1 saturated heterocycles. The number of nitrogens with zero attached hydrogens (tertiary/aromatic N) is 2. The van der Waals surface area contributed by atoms with E-state index in [0.29, 0.717) is 19.5 Å². The molecule has 0 aromatic carbocycles. The van der Waals surface area contributed by atoms with Crippen molar-refractivity contribution < 1.29 is 9.59 Å². The van der Waals surface area contributed by atoms with Crippen molar-refractivity contribution in [3.8, 4) is 0 Å². The predicted octanol–water partition coefficient (Wildman–Crippen LogP) is 0.217.